The number of rotatable bonds is 0. The molecule has 0 saturated carbocycles. The van der Waals surface area contributed by atoms with Gasteiger partial charge < -0.3 is 20.5 Å². The Hall–Kier alpha value is -2.99. The number of carbonyl (C=O) groups excluding carboxylic acids is 1. The average molecular weight is 287 g/mol. The number of pyridine rings is 1. The molecule has 0 aliphatic heterocycles. The molecule has 3 aromatic rings. The normalized spacial score (nSPS) is 9.33. The number of fused-ring (bicyclic) bond motifs is 3. The van der Waals surface area contributed by atoms with Gasteiger partial charge in [-0.25, -0.2) is 9.78 Å². The number of aromatic nitrogens is 1. The number of aromatic amines is 1. The number of carboxylic acid groups (broad SMARTS) is 2. The van der Waals surface area contributed by atoms with E-state index in [0.29, 0.717) is 0 Å². The van der Waals surface area contributed by atoms with E-state index in [4.69, 9.17) is 19.8 Å². The first-order valence-corrected chi connectivity index (χ1v) is 5.82. The zero-order valence-corrected chi connectivity index (χ0v) is 10.9. The lowest BCUT2D eigenvalue weighted by Gasteiger charge is -1.97. The van der Waals surface area contributed by atoms with Gasteiger partial charge in [-0.1, -0.05) is 30.3 Å². The Morgan fingerprint density at radius 2 is 1.48 bits per heavy atom. The van der Waals surface area contributed by atoms with Gasteiger partial charge in [0.05, 0.1) is 5.39 Å². The Morgan fingerprint density at radius 1 is 0.952 bits per heavy atom. The van der Waals surface area contributed by atoms with Crippen molar-refractivity contribution in [2.75, 3.05) is 0 Å². The fourth-order valence-electron chi connectivity index (χ4n) is 1.87. The predicted molar refractivity (Wildman–Crippen MR) is 74.3 cm³/mol. The van der Waals surface area contributed by atoms with Crippen LogP contribution in [0.2, 0.25) is 0 Å². The van der Waals surface area contributed by atoms with Crippen molar-refractivity contribution < 1.29 is 30.3 Å². The summed E-state index contributed by atoms with van der Waals surface area (Å²) in [6.45, 7) is 0. The molecule has 0 bridgehead atoms. The van der Waals surface area contributed by atoms with Crippen molar-refractivity contribution in [3.63, 3.8) is 0 Å². The number of para-hydroxylation sites is 1. The van der Waals surface area contributed by atoms with Gasteiger partial charge >= 0.3 is 5.97 Å². The standard InChI is InChI=1S/C13H9N.C2H2O4.H2O/c1-2-6-11-10(5-1)9-14-13-8-4-3-7-12(11)13;3-1(4)2(5)6;/h1-9H;(H,3,4)(H,5,6);1H2. The minimum atomic E-state index is -2.07. The van der Waals surface area contributed by atoms with E-state index >= 15 is 0 Å². The Bertz CT molecular complexity index is 718. The first-order valence-electron chi connectivity index (χ1n) is 5.82. The second-order valence-electron chi connectivity index (χ2n) is 4.01. The number of nitrogens with one attached hydrogen (secondary N) is 1. The third-order valence-corrected chi connectivity index (χ3v) is 2.74. The maximum absolute atomic E-state index is 9.04. The lowest BCUT2D eigenvalue weighted by molar-refractivity contribution is -0.342. The molecule has 2 aromatic carbocycles. The first-order chi connectivity index (χ1) is 9.59. The third kappa shape index (κ3) is 3.74. The van der Waals surface area contributed by atoms with Gasteiger partial charge in [0.15, 0.2) is 12.2 Å². The molecule has 0 aliphatic carbocycles. The summed E-state index contributed by atoms with van der Waals surface area (Å²) < 4.78 is 0. The van der Waals surface area contributed by atoms with Crippen LogP contribution in [0, 0.1) is 0 Å². The van der Waals surface area contributed by atoms with Gasteiger partial charge in [-0.3, -0.25) is 0 Å². The molecule has 0 aliphatic rings. The van der Waals surface area contributed by atoms with Gasteiger partial charge in [0.25, 0.3) is 0 Å². The van der Waals surface area contributed by atoms with Crippen LogP contribution in [0.5, 0.6) is 0 Å². The van der Waals surface area contributed by atoms with E-state index in [1.807, 2.05) is 6.07 Å². The first kappa shape index (κ1) is 16.1. The monoisotopic (exact) mass is 287 g/mol. The van der Waals surface area contributed by atoms with E-state index in [9.17, 15) is 0 Å². The van der Waals surface area contributed by atoms with Gasteiger partial charge in [0.2, 0.25) is 5.52 Å². The van der Waals surface area contributed by atoms with Crippen LogP contribution in [0.3, 0.4) is 0 Å². The van der Waals surface area contributed by atoms with Crippen molar-refractivity contribution in [3.8, 4) is 0 Å². The molecule has 6 nitrogen and oxygen atoms in total. The Kier molecular flexibility index (Phi) is 5.33. The van der Waals surface area contributed by atoms with Gasteiger partial charge in [0.1, 0.15) is 0 Å². The van der Waals surface area contributed by atoms with Crippen LogP contribution in [0.25, 0.3) is 21.7 Å². The molecule has 0 radical (unpaired) electrons. The van der Waals surface area contributed by atoms with Crippen molar-refractivity contribution in [2.45, 2.75) is 0 Å². The van der Waals surface area contributed by atoms with Gasteiger partial charge in [-0.05, 0) is 12.1 Å². The minimum absolute atomic E-state index is 0. The van der Waals surface area contributed by atoms with E-state index in [2.05, 4.69) is 53.6 Å². The third-order valence-electron chi connectivity index (χ3n) is 2.74. The van der Waals surface area contributed by atoms with E-state index in [0.717, 1.165) is 0 Å². The fourth-order valence-corrected chi connectivity index (χ4v) is 1.87. The van der Waals surface area contributed by atoms with E-state index in [1.54, 1.807) is 0 Å². The summed E-state index contributed by atoms with van der Waals surface area (Å²) in [6.07, 6.45) is 2.05. The SMILES string of the molecule is O.O=C([O-])C(=O)O.c1ccc2c(c1)c[nH+]c1ccccc12. The lowest BCUT2D eigenvalue weighted by atomic mass is 10.1. The number of hydrogen-bond acceptors (Lipinski definition) is 3. The highest BCUT2D eigenvalue weighted by Crippen LogP contribution is 2.20. The molecule has 1 aromatic heterocycles. The molecule has 0 atom stereocenters. The van der Waals surface area contributed by atoms with Crippen molar-refractivity contribution in [2.24, 2.45) is 0 Å². The molecule has 0 amide bonds. The summed E-state index contributed by atoms with van der Waals surface area (Å²) in [5.41, 5.74) is 1.19. The largest absolute Gasteiger partial charge is 0.539 e. The zero-order chi connectivity index (χ0) is 14.5. The highest BCUT2D eigenvalue weighted by molar-refractivity contribution is 6.26. The number of benzene rings is 2. The number of hydrogen-bond donors (Lipinski definition) is 1. The molecule has 6 heteroatoms. The zero-order valence-electron chi connectivity index (χ0n) is 10.9. The highest BCUT2D eigenvalue weighted by Gasteiger charge is 2.03. The molecule has 21 heavy (non-hydrogen) atoms. The quantitative estimate of drug-likeness (QED) is 0.454. The molecule has 3 rings (SSSR count). The molecule has 0 spiro atoms. The highest BCUT2D eigenvalue weighted by atomic mass is 16.4. The number of H-pyrrole nitrogens is 1. The van der Waals surface area contributed by atoms with Gasteiger partial charge in [0, 0.05) is 16.8 Å². The summed E-state index contributed by atoms with van der Waals surface area (Å²) in [5, 5.41) is 20.2. The second kappa shape index (κ2) is 6.97. The maximum Gasteiger partial charge on any atom is 0.351 e. The van der Waals surface area contributed by atoms with Crippen LogP contribution in [0.4, 0.5) is 0 Å². The number of aliphatic carboxylic acids is 2. The Labute approximate surface area is 119 Å². The maximum atomic E-state index is 9.04. The molecule has 108 valence electrons. The summed E-state index contributed by atoms with van der Waals surface area (Å²) in [6, 6.07) is 16.8. The molecule has 1 heterocycles. The second-order valence-corrected chi connectivity index (χ2v) is 4.01. The summed E-state index contributed by atoms with van der Waals surface area (Å²) in [5.74, 6) is -4.01. The smallest absolute Gasteiger partial charge is 0.351 e. The van der Waals surface area contributed by atoms with Crippen molar-refractivity contribution in [1.82, 2.24) is 0 Å². The van der Waals surface area contributed by atoms with Crippen LogP contribution in [0.15, 0.2) is 54.7 Å². The van der Waals surface area contributed by atoms with Crippen LogP contribution in [0.1, 0.15) is 0 Å². The van der Waals surface area contributed by atoms with Crippen LogP contribution in [-0.4, -0.2) is 22.5 Å². The van der Waals surface area contributed by atoms with Crippen LogP contribution < -0.4 is 10.1 Å². The van der Waals surface area contributed by atoms with E-state index in [-0.39, 0.29) is 5.48 Å². The average Bonchev–Trinajstić information content (AvgIpc) is 2.47. The van der Waals surface area contributed by atoms with E-state index < -0.39 is 11.9 Å². The Balaban J connectivity index is 0.000000275. The number of carboxylic acids is 2. The van der Waals surface area contributed by atoms with Crippen molar-refractivity contribution in [1.29, 1.82) is 0 Å². The van der Waals surface area contributed by atoms with Gasteiger partial charge in [-0.2, -0.15) is 0 Å². The molecule has 4 N–H and O–H groups in total. The molecule has 0 saturated heterocycles. The summed E-state index contributed by atoms with van der Waals surface area (Å²) >= 11 is 0. The minimum Gasteiger partial charge on any atom is -0.539 e. The van der Waals surface area contributed by atoms with Crippen molar-refractivity contribution in [3.05, 3.63) is 54.7 Å². The topological polar surface area (TPSA) is 123 Å². The Morgan fingerprint density at radius 3 is 2.10 bits per heavy atom. The summed E-state index contributed by atoms with van der Waals surface area (Å²) in [7, 11) is 0. The van der Waals surface area contributed by atoms with Crippen molar-refractivity contribution >= 4 is 33.6 Å². The molecular formula is C15H13NO5. The van der Waals surface area contributed by atoms with Gasteiger partial charge in [-0.15, -0.1) is 0 Å². The van der Waals surface area contributed by atoms with Crippen LogP contribution in [-0.2, 0) is 9.59 Å². The summed E-state index contributed by atoms with van der Waals surface area (Å²) in [4.78, 5) is 21.3. The van der Waals surface area contributed by atoms with E-state index in [1.165, 1.54) is 21.7 Å². The fraction of sp³-hybridized carbons (Fsp3) is 0. The molecule has 0 fully saturated rings. The number of carbonyl (C=O) groups is 2. The van der Waals surface area contributed by atoms with Crippen LogP contribution >= 0.6 is 0 Å². The molecular weight excluding hydrogens is 274 g/mol. The molecule has 0 unspecified atom stereocenters. The predicted octanol–water partition coefficient (Wildman–Crippen LogP) is -0.197. The lowest BCUT2D eigenvalue weighted by Crippen LogP contribution is -2.30.